The molecule has 0 radical (unpaired) electrons. The number of piperidine rings is 1. The maximum absolute atomic E-state index is 13.4. The van der Waals surface area contributed by atoms with Crippen molar-refractivity contribution in [2.45, 2.75) is 43.8 Å². The molecule has 12 heteroatoms. The predicted octanol–water partition coefficient (Wildman–Crippen LogP) is 2.46. The first-order valence-electron chi connectivity index (χ1n) is 11.9. The lowest BCUT2D eigenvalue weighted by Gasteiger charge is -2.45. The van der Waals surface area contributed by atoms with E-state index in [0.717, 1.165) is 19.4 Å². The summed E-state index contributed by atoms with van der Waals surface area (Å²) in [5.74, 6) is -3.35. The molecule has 0 aromatic carbocycles. The van der Waals surface area contributed by atoms with Crippen LogP contribution in [0.15, 0.2) is 30.5 Å². The fourth-order valence-corrected chi connectivity index (χ4v) is 4.64. The number of halogens is 2. The molecule has 10 nitrogen and oxygen atoms in total. The van der Waals surface area contributed by atoms with Gasteiger partial charge in [-0.2, -0.15) is 0 Å². The molecule has 3 atom stereocenters. The predicted molar refractivity (Wildman–Crippen MR) is 126 cm³/mol. The number of carbonyl (C=O) groups is 2. The summed E-state index contributed by atoms with van der Waals surface area (Å²) in [6.07, 6.45) is 1.45. The number of nitrogens with one attached hydrogen (secondary N) is 1. The standard InChI is InChI=1S/C24H27F2N5O5/c25-24(26)10-14(24)8-20(34)18-3-4-19-22(28-18)31(15-2-1-7-30(19)11-15)23(35)29-21-9-17(5-6-27-21)36-13-16(33)12-32/h3-6,9,14-16,32-33H,1-2,7-8,10-13H2,(H,27,29,35)/t14?,15-,16+/m0/s1. The van der Waals surface area contributed by atoms with E-state index in [1.165, 1.54) is 23.2 Å². The number of fused-ring (bicyclic) bond motifs is 4. The third-order valence-corrected chi connectivity index (χ3v) is 6.70. The molecule has 2 bridgehead atoms. The van der Waals surface area contributed by atoms with Crippen LogP contribution in [0.5, 0.6) is 5.75 Å². The number of rotatable bonds is 8. The van der Waals surface area contributed by atoms with Crippen molar-refractivity contribution in [3.63, 3.8) is 0 Å². The lowest BCUT2D eigenvalue weighted by Crippen LogP contribution is -2.56. The van der Waals surface area contributed by atoms with Crippen molar-refractivity contribution in [3.05, 3.63) is 36.2 Å². The van der Waals surface area contributed by atoms with Crippen LogP contribution in [-0.2, 0) is 0 Å². The molecule has 192 valence electrons. The highest BCUT2D eigenvalue weighted by molar-refractivity contribution is 6.05. The molecule has 2 amide bonds. The third kappa shape index (κ3) is 4.96. The molecule has 3 N–H and O–H groups in total. The Balaban J connectivity index is 1.37. The van der Waals surface area contributed by atoms with Crippen molar-refractivity contribution in [3.8, 4) is 5.75 Å². The van der Waals surface area contributed by atoms with Crippen LogP contribution < -0.4 is 19.9 Å². The van der Waals surface area contributed by atoms with Crippen molar-refractivity contribution in [1.29, 1.82) is 0 Å². The zero-order valence-electron chi connectivity index (χ0n) is 19.4. The van der Waals surface area contributed by atoms with E-state index in [2.05, 4.69) is 20.2 Å². The molecule has 2 fully saturated rings. The molecule has 4 heterocycles. The number of carbonyl (C=O) groups excluding carboxylic acids is 2. The van der Waals surface area contributed by atoms with Gasteiger partial charge in [0.15, 0.2) is 11.6 Å². The average Bonchev–Trinajstić information content (AvgIpc) is 3.47. The van der Waals surface area contributed by atoms with Crippen LogP contribution in [0.4, 0.5) is 30.9 Å². The molecule has 2 aliphatic heterocycles. The van der Waals surface area contributed by atoms with E-state index >= 15 is 0 Å². The number of pyridine rings is 2. The van der Waals surface area contributed by atoms with Crippen molar-refractivity contribution >= 4 is 29.1 Å². The van der Waals surface area contributed by atoms with Gasteiger partial charge in [-0.15, -0.1) is 0 Å². The van der Waals surface area contributed by atoms with E-state index in [0.29, 0.717) is 23.8 Å². The number of Topliss-reactive ketones (excluding diaryl/α,β-unsaturated/α-hetero) is 1. The molecule has 1 saturated heterocycles. The van der Waals surface area contributed by atoms with E-state index in [1.807, 2.05) is 0 Å². The Morgan fingerprint density at radius 3 is 2.86 bits per heavy atom. The highest BCUT2D eigenvalue weighted by Gasteiger charge is 2.57. The third-order valence-electron chi connectivity index (χ3n) is 6.70. The largest absolute Gasteiger partial charge is 0.491 e. The highest BCUT2D eigenvalue weighted by Crippen LogP contribution is 2.51. The topological polar surface area (TPSA) is 128 Å². The quantitative estimate of drug-likeness (QED) is 0.469. The normalized spacial score (nSPS) is 22.4. The molecule has 0 spiro atoms. The number of aliphatic hydroxyl groups excluding tert-OH is 2. The SMILES string of the molecule is O=C(CC1CC1(F)F)c1ccc2c(n1)N(C(=O)Nc1cc(OC[C@H](O)CO)ccn1)[C@H]1CCCN2C1. The number of hydrogen-bond acceptors (Lipinski definition) is 8. The zero-order chi connectivity index (χ0) is 25.4. The summed E-state index contributed by atoms with van der Waals surface area (Å²) in [5.41, 5.74) is 0.767. The second-order valence-corrected chi connectivity index (χ2v) is 9.40. The molecule has 1 saturated carbocycles. The minimum absolute atomic E-state index is 0.0615. The molecule has 3 aliphatic rings. The van der Waals surface area contributed by atoms with Gasteiger partial charge >= 0.3 is 6.03 Å². The van der Waals surface area contributed by atoms with Gasteiger partial charge in [-0.25, -0.2) is 23.5 Å². The number of ether oxygens (including phenoxy) is 1. The van der Waals surface area contributed by atoms with Crippen molar-refractivity contribution < 1.29 is 33.3 Å². The van der Waals surface area contributed by atoms with Crippen LogP contribution >= 0.6 is 0 Å². The Bertz CT molecular complexity index is 1170. The maximum atomic E-state index is 13.4. The molecule has 1 aliphatic carbocycles. The van der Waals surface area contributed by atoms with Gasteiger partial charge < -0.3 is 19.8 Å². The second-order valence-electron chi connectivity index (χ2n) is 9.40. The van der Waals surface area contributed by atoms with Crippen LogP contribution in [0.3, 0.4) is 0 Å². The molecule has 1 unspecified atom stereocenters. The lowest BCUT2D eigenvalue weighted by molar-refractivity contribution is 0.0536. The number of hydrogen-bond donors (Lipinski definition) is 3. The van der Waals surface area contributed by atoms with Crippen molar-refractivity contribution in [2.24, 2.45) is 5.92 Å². The highest BCUT2D eigenvalue weighted by atomic mass is 19.3. The van der Waals surface area contributed by atoms with Gasteiger partial charge in [0.2, 0.25) is 0 Å². The number of ketones is 1. The summed E-state index contributed by atoms with van der Waals surface area (Å²) in [5, 5.41) is 21.2. The maximum Gasteiger partial charge on any atom is 0.329 e. The van der Waals surface area contributed by atoms with Crippen molar-refractivity contribution in [1.82, 2.24) is 9.97 Å². The number of alkyl halides is 2. The Kier molecular flexibility index (Phi) is 6.47. The van der Waals surface area contributed by atoms with Gasteiger partial charge in [0.25, 0.3) is 5.92 Å². The number of urea groups is 1. The number of aromatic nitrogens is 2. The zero-order valence-corrected chi connectivity index (χ0v) is 19.4. The van der Waals surface area contributed by atoms with E-state index in [1.54, 1.807) is 12.1 Å². The first-order valence-corrected chi connectivity index (χ1v) is 11.9. The van der Waals surface area contributed by atoms with Gasteiger partial charge in [-0.3, -0.25) is 15.0 Å². The van der Waals surface area contributed by atoms with Gasteiger partial charge in [0.05, 0.1) is 18.3 Å². The average molecular weight is 504 g/mol. The smallest absolute Gasteiger partial charge is 0.329 e. The first-order chi connectivity index (χ1) is 17.2. The van der Waals surface area contributed by atoms with Gasteiger partial charge in [-0.1, -0.05) is 0 Å². The fourth-order valence-electron chi connectivity index (χ4n) is 4.64. The van der Waals surface area contributed by atoms with E-state index in [4.69, 9.17) is 9.84 Å². The number of aliphatic hydroxyl groups is 2. The number of amides is 2. The van der Waals surface area contributed by atoms with E-state index in [-0.39, 0.29) is 37.0 Å². The summed E-state index contributed by atoms with van der Waals surface area (Å²) >= 11 is 0. The Morgan fingerprint density at radius 2 is 2.11 bits per heavy atom. The van der Waals surface area contributed by atoms with Crippen LogP contribution in [0, 0.1) is 5.92 Å². The molecule has 36 heavy (non-hydrogen) atoms. The number of anilines is 3. The summed E-state index contributed by atoms with van der Waals surface area (Å²) < 4.78 is 32.1. The Labute approximate surface area is 205 Å². The number of nitrogens with zero attached hydrogens (tertiary/aromatic N) is 4. The molecular formula is C24H27F2N5O5. The van der Waals surface area contributed by atoms with Gasteiger partial charge in [0.1, 0.15) is 30.0 Å². The Hall–Kier alpha value is -3.38. The molecule has 5 rings (SSSR count). The minimum atomic E-state index is -2.79. The lowest BCUT2D eigenvalue weighted by atomic mass is 9.99. The van der Waals surface area contributed by atoms with Gasteiger partial charge in [0, 0.05) is 44.1 Å². The van der Waals surface area contributed by atoms with Gasteiger partial charge in [-0.05, 0) is 31.0 Å². The summed E-state index contributed by atoms with van der Waals surface area (Å²) in [7, 11) is 0. The van der Waals surface area contributed by atoms with E-state index < -0.39 is 36.4 Å². The Morgan fingerprint density at radius 1 is 1.31 bits per heavy atom. The molecule has 2 aromatic rings. The summed E-state index contributed by atoms with van der Waals surface area (Å²) in [6, 6.07) is 5.63. The van der Waals surface area contributed by atoms with Crippen LogP contribution in [0.25, 0.3) is 0 Å². The second kappa shape index (κ2) is 9.58. The minimum Gasteiger partial charge on any atom is -0.491 e. The monoisotopic (exact) mass is 503 g/mol. The molecule has 2 aromatic heterocycles. The first kappa shape index (κ1) is 24.3. The fraction of sp³-hybridized carbons (Fsp3) is 0.500. The van der Waals surface area contributed by atoms with Crippen LogP contribution in [0.2, 0.25) is 0 Å². The van der Waals surface area contributed by atoms with Crippen LogP contribution in [-0.4, -0.2) is 76.4 Å². The summed E-state index contributed by atoms with van der Waals surface area (Å²) in [6.45, 7) is 0.836. The van der Waals surface area contributed by atoms with Crippen LogP contribution in [0.1, 0.15) is 36.2 Å². The van der Waals surface area contributed by atoms with Crippen molar-refractivity contribution in [2.75, 3.05) is 41.4 Å². The summed E-state index contributed by atoms with van der Waals surface area (Å²) in [4.78, 5) is 38.3. The molecular weight excluding hydrogens is 476 g/mol. The van der Waals surface area contributed by atoms with E-state index in [9.17, 15) is 23.5 Å².